The zero-order valence-electron chi connectivity index (χ0n) is 6.05. The summed E-state index contributed by atoms with van der Waals surface area (Å²) in [5, 5.41) is 0. The normalized spacial score (nSPS) is 13.9. The molecule has 0 aliphatic carbocycles. The fourth-order valence-electron chi connectivity index (χ4n) is 0.848. The minimum absolute atomic E-state index is 0.375. The van der Waals surface area contributed by atoms with Crippen molar-refractivity contribution in [1.29, 1.82) is 0 Å². The Morgan fingerprint density at radius 3 is 2.45 bits per heavy atom. The van der Waals surface area contributed by atoms with Gasteiger partial charge in [-0.25, -0.2) is 8.78 Å². The number of hydrogen-bond acceptors (Lipinski definition) is 2. The van der Waals surface area contributed by atoms with E-state index < -0.39 is 12.5 Å². The van der Waals surface area contributed by atoms with E-state index >= 15 is 0 Å². The molecule has 11 heavy (non-hydrogen) atoms. The summed E-state index contributed by atoms with van der Waals surface area (Å²) >= 11 is 0. The van der Waals surface area contributed by atoms with E-state index in [1.165, 1.54) is 12.5 Å². The van der Waals surface area contributed by atoms with E-state index in [0.29, 0.717) is 11.1 Å². The standard InChI is InChI=1S/C7H9F2NO/c1-4-2-11-3-5(4)6(10)7(8)9/h2-3,6-7H,10H2,1H3. The molecule has 0 radical (unpaired) electrons. The molecule has 1 aromatic heterocycles. The number of halogens is 2. The lowest BCUT2D eigenvalue weighted by molar-refractivity contribution is 0.116. The van der Waals surface area contributed by atoms with Crippen LogP contribution in [-0.2, 0) is 0 Å². The maximum atomic E-state index is 12.0. The molecule has 4 heteroatoms. The summed E-state index contributed by atoms with van der Waals surface area (Å²) in [5.41, 5.74) is 6.21. The largest absolute Gasteiger partial charge is 0.472 e. The summed E-state index contributed by atoms with van der Waals surface area (Å²) in [7, 11) is 0. The van der Waals surface area contributed by atoms with Gasteiger partial charge in [-0.1, -0.05) is 0 Å². The van der Waals surface area contributed by atoms with Crippen molar-refractivity contribution in [3.63, 3.8) is 0 Å². The smallest absolute Gasteiger partial charge is 0.257 e. The van der Waals surface area contributed by atoms with Crippen molar-refractivity contribution < 1.29 is 13.2 Å². The molecule has 0 aliphatic heterocycles. The molecule has 62 valence electrons. The molecule has 2 N–H and O–H groups in total. The Morgan fingerprint density at radius 2 is 2.09 bits per heavy atom. The Balaban J connectivity index is 2.84. The fraction of sp³-hybridized carbons (Fsp3) is 0.429. The molecule has 0 aliphatic rings. The number of aryl methyl sites for hydroxylation is 1. The Hall–Kier alpha value is -0.900. The van der Waals surface area contributed by atoms with Gasteiger partial charge < -0.3 is 10.2 Å². The van der Waals surface area contributed by atoms with E-state index in [2.05, 4.69) is 0 Å². The van der Waals surface area contributed by atoms with Crippen LogP contribution in [0, 0.1) is 6.92 Å². The van der Waals surface area contributed by atoms with Crippen LogP contribution < -0.4 is 5.73 Å². The molecule has 0 fully saturated rings. The van der Waals surface area contributed by atoms with E-state index in [4.69, 9.17) is 10.2 Å². The van der Waals surface area contributed by atoms with Crippen LogP contribution in [0.15, 0.2) is 16.9 Å². The molecule has 0 saturated heterocycles. The van der Waals surface area contributed by atoms with Crippen LogP contribution in [0.2, 0.25) is 0 Å². The van der Waals surface area contributed by atoms with Gasteiger partial charge in [0, 0.05) is 5.56 Å². The van der Waals surface area contributed by atoms with Crippen molar-refractivity contribution in [2.24, 2.45) is 5.73 Å². The van der Waals surface area contributed by atoms with Crippen molar-refractivity contribution in [3.05, 3.63) is 23.7 Å². The average Bonchev–Trinajstić information content (AvgIpc) is 2.33. The highest BCUT2D eigenvalue weighted by molar-refractivity contribution is 5.22. The Morgan fingerprint density at radius 1 is 1.45 bits per heavy atom. The van der Waals surface area contributed by atoms with E-state index in [1.807, 2.05) is 0 Å². The molecular weight excluding hydrogens is 152 g/mol. The highest BCUT2D eigenvalue weighted by Crippen LogP contribution is 2.21. The summed E-state index contributed by atoms with van der Waals surface area (Å²) in [5.74, 6) is 0. The summed E-state index contributed by atoms with van der Waals surface area (Å²) in [6.45, 7) is 1.68. The van der Waals surface area contributed by atoms with Gasteiger partial charge in [-0.05, 0) is 12.5 Å². The van der Waals surface area contributed by atoms with Gasteiger partial charge in [-0.3, -0.25) is 0 Å². The second kappa shape index (κ2) is 3.00. The molecule has 1 unspecified atom stereocenters. The number of furan rings is 1. The van der Waals surface area contributed by atoms with Crippen LogP contribution >= 0.6 is 0 Å². The lowest BCUT2D eigenvalue weighted by Gasteiger charge is -2.07. The Kier molecular flexibility index (Phi) is 2.24. The first-order valence-corrected chi connectivity index (χ1v) is 3.19. The molecule has 1 rings (SSSR count). The van der Waals surface area contributed by atoms with Crippen molar-refractivity contribution >= 4 is 0 Å². The van der Waals surface area contributed by atoms with E-state index in [9.17, 15) is 8.78 Å². The molecule has 2 nitrogen and oxygen atoms in total. The quantitative estimate of drug-likeness (QED) is 0.718. The van der Waals surface area contributed by atoms with Crippen LogP contribution in [0.1, 0.15) is 17.2 Å². The SMILES string of the molecule is Cc1cocc1C(N)C(F)F. The first kappa shape index (κ1) is 8.20. The summed E-state index contributed by atoms with van der Waals surface area (Å²) in [6, 6.07) is -1.23. The van der Waals surface area contributed by atoms with Gasteiger partial charge in [-0.15, -0.1) is 0 Å². The number of nitrogens with two attached hydrogens (primary N) is 1. The molecule has 1 heterocycles. The number of hydrogen-bond donors (Lipinski definition) is 1. The second-order valence-electron chi connectivity index (χ2n) is 2.37. The summed E-state index contributed by atoms with van der Waals surface area (Å²) in [6.07, 6.45) is 0.121. The molecular formula is C7H9F2NO. The summed E-state index contributed by atoms with van der Waals surface area (Å²) < 4.78 is 28.7. The van der Waals surface area contributed by atoms with Crippen LogP contribution in [0.5, 0.6) is 0 Å². The molecule has 0 bridgehead atoms. The number of alkyl halides is 2. The Bertz CT molecular complexity index is 234. The van der Waals surface area contributed by atoms with Gasteiger partial charge in [0.1, 0.15) is 0 Å². The van der Waals surface area contributed by atoms with Gasteiger partial charge in [-0.2, -0.15) is 0 Å². The van der Waals surface area contributed by atoms with Crippen LogP contribution in [-0.4, -0.2) is 6.43 Å². The third kappa shape index (κ3) is 1.57. The van der Waals surface area contributed by atoms with Gasteiger partial charge in [0.25, 0.3) is 6.43 Å². The predicted molar refractivity (Wildman–Crippen MR) is 36.4 cm³/mol. The highest BCUT2D eigenvalue weighted by Gasteiger charge is 2.20. The Labute approximate surface area is 63.0 Å². The van der Waals surface area contributed by atoms with Gasteiger partial charge in [0.2, 0.25) is 0 Å². The minimum atomic E-state index is -2.54. The van der Waals surface area contributed by atoms with E-state index in [0.717, 1.165) is 0 Å². The first-order valence-electron chi connectivity index (χ1n) is 3.19. The molecule has 1 atom stereocenters. The zero-order valence-corrected chi connectivity index (χ0v) is 6.05. The maximum Gasteiger partial charge on any atom is 0.257 e. The second-order valence-corrected chi connectivity index (χ2v) is 2.37. The summed E-state index contributed by atoms with van der Waals surface area (Å²) in [4.78, 5) is 0. The van der Waals surface area contributed by atoms with Crippen LogP contribution in [0.4, 0.5) is 8.78 Å². The van der Waals surface area contributed by atoms with Crippen molar-refractivity contribution in [2.75, 3.05) is 0 Å². The molecule has 1 aromatic rings. The van der Waals surface area contributed by atoms with E-state index in [1.54, 1.807) is 6.92 Å². The first-order chi connectivity index (χ1) is 5.13. The minimum Gasteiger partial charge on any atom is -0.472 e. The fourth-order valence-corrected chi connectivity index (χ4v) is 0.848. The highest BCUT2D eigenvalue weighted by atomic mass is 19.3. The number of rotatable bonds is 2. The third-order valence-corrected chi connectivity index (χ3v) is 1.53. The lowest BCUT2D eigenvalue weighted by atomic mass is 10.1. The third-order valence-electron chi connectivity index (χ3n) is 1.53. The zero-order chi connectivity index (χ0) is 8.43. The van der Waals surface area contributed by atoms with Crippen molar-refractivity contribution in [3.8, 4) is 0 Å². The molecule has 0 aromatic carbocycles. The van der Waals surface area contributed by atoms with Crippen molar-refractivity contribution in [2.45, 2.75) is 19.4 Å². The van der Waals surface area contributed by atoms with Gasteiger partial charge in [0.15, 0.2) is 0 Å². The van der Waals surface area contributed by atoms with Gasteiger partial charge in [0.05, 0.1) is 18.6 Å². The maximum absolute atomic E-state index is 12.0. The predicted octanol–water partition coefficient (Wildman–Crippen LogP) is 1.85. The van der Waals surface area contributed by atoms with Crippen LogP contribution in [0.3, 0.4) is 0 Å². The lowest BCUT2D eigenvalue weighted by Crippen LogP contribution is -2.18. The monoisotopic (exact) mass is 161 g/mol. The molecule has 0 amide bonds. The topological polar surface area (TPSA) is 39.2 Å². The molecule has 0 spiro atoms. The van der Waals surface area contributed by atoms with Crippen LogP contribution in [0.25, 0.3) is 0 Å². The molecule has 0 saturated carbocycles. The van der Waals surface area contributed by atoms with Crippen molar-refractivity contribution in [1.82, 2.24) is 0 Å². The van der Waals surface area contributed by atoms with E-state index in [-0.39, 0.29) is 0 Å². The van der Waals surface area contributed by atoms with Gasteiger partial charge >= 0.3 is 0 Å². The average molecular weight is 161 g/mol.